The van der Waals surface area contributed by atoms with E-state index in [1.807, 2.05) is 0 Å². The third kappa shape index (κ3) is 2.92. The molecular formula is C10H22N4. The number of nitrogens with zero attached hydrogens (tertiary/aromatic N) is 2. The Morgan fingerprint density at radius 2 is 2.00 bits per heavy atom. The normalized spacial score (nSPS) is 31.9. The zero-order chi connectivity index (χ0) is 9.80. The molecule has 0 radical (unpaired) electrons. The van der Waals surface area contributed by atoms with Gasteiger partial charge >= 0.3 is 0 Å². The van der Waals surface area contributed by atoms with Gasteiger partial charge in [-0.2, -0.15) is 0 Å². The number of nitrogens with one attached hydrogen (secondary N) is 2. The van der Waals surface area contributed by atoms with E-state index in [1.54, 1.807) is 0 Å². The molecule has 2 heterocycles. The van der Waals surface area contributed by atoms with Crippen LogP contribution >= 0.6 is 0 Å². The molecule has 4 heteroatoms. The Kier molecular flexibility index (Phi) is 3.75. The summed E-state index contributed by atoms with van der Waals surface area (Å²) in [5.74, 6) is 0. The molecule has 0 aromatic carbocycles. The molecule has 0 amide bonds. The lowest BCUT2D eigenvalue weighted by Crippen LogP contribution is -2.56. The third-order valence-electron chi connectivity index (χ3n) is 3.17. The summed E-state index contributed by atoms with van der Waals surface area (Å²) in [5.41, 5.74) is 3.62. The van der Waals surface area contributed by atoms with Crippen LogP contribution in [0.2, 0.25) is 0 Å². The highest BCUT2D eigenvalue weighted by molar-refractivity contribution is 4.76. The van der Waals surface area contributed by atoms with E-state index in [-0.39, 0.29) is 0 Å². The smallest absolute Gasteiger partial charge is 0.0340 e. The van der Waals surface area contributed by atoms with E-state index >= 15 is 0 Å². The van der Waals surface area contributed by atoms with Gasteiger partial charge in [-0.25, -0.2) is 5.01 Å². The Hall–Kier alpha value is -0.160. The SMILES string of the molecule is CN1CCN(NC2CCCNC2)CC1. The lowest BCUT2D eigenvalue weighted by Gasteiger charge is -2.36. The van der Waals surface area contributed by atoms with Crippen molar-refractivity contribution in [2.45, 2.75) is 18.9 Å². The standard InChI is InChI=1S/C10H22N4/c1-13-5-7-14(8-6-13)12-10-3-2-4-11-9-10/h10-12H,2-9H2,1H3. The predicted octanol–water partition coefficient (Wildman–Crippen LogP) is -0.510. The van der Waals surface area contributed by atoms with Gasteiger partial charge in [-0.15, -0.1) is 0 Å². The van der Waals surface area contributed by atoms with Crippen molar-refractivity contribution in [2.24, 2.45) is 0 Å². The first-order valence-electron chi connectivity index (χ1n) is 5.75. The van der Waals surface area contributed by atoms with Crippen molar-refractivity contribution in [1.82, 2.24) is 20.7 Å². The predicted molar refractivity (Wildman–Crippen MR) is 58.1 cm³/mol. The van der Waals surface area contributed by atoms with Gasteiger partial charge in [-0.1, -0.05) is 0 Å². The van der Waals surface area contributed by atoms with Crippen molar-refractivity contribution in [2.75, 3.05) is 46.3 Å². The molecule has 0 saturated carbocycles. The quantitative estimate of drug-likeness (QED) is 0.626. The van der Waals surface area contributed by atoms with Crippen LogP contribution in [0.15, 0.2) is 0 Å². The first kappa shape index (κ1) is 10.4. The van der Waals surface area contributed by atoms with Crippen molar-refractivity contribution in [3.8, 4) is 0 Å². The summed E-state index contributed by atoms with van der Waals surface area (Å²) < 4.78 is 0. The van der Waals surface area contributed by atoms with E-state index in [9.17, 15) is 0 Å². The topological polar surface area (TPSA) is 30.5 Å². The van der Waals surface area contributed by atoms with Crippen molar-refractivity contribution in [1.29, 1.82) is 0 Å². The molecule has 0 aromatic rings. The van der Waals surface area contributed by atoms with E-state index in [2.05, 4.69) is 27.7 Å². The van der Waals surface area contributed by atoms with Crippen molar-refractivity contribution < 1.29 is 0 Å². The molecule has 14 heavy (non-hydrogen) atoms. The van der Waals surface area contributed by atoms with Crippen molar-refractivity contribution in [3.05, 3.63) is 0 Å². The first-order valence-corrected chi connectivity index (χ1v) is 5.75. The maximum atomic E-state index is 3.62. The van der Waals surface area contributed by atoms with E-state index < -0.39 is 0 Å². The van der Waals surface area contributed by atoms with Crippen LogP contribution in [0.5, 0.6) is 0 Å². The molecule has 2 aliphatic rings. The molecule has 82 valence electrons. The number of piperazine rings is 1. The first-order chi connectivity index (χ1) is 6.84. The average Bonchev–Trinajstić information content (AvgIpc) is 2.23. The van der Waals surface area contributed by atoms with Crippen LogP contribution in [0.1, 0.15) is 12.8 Å². The fraction of sp³-hybridized carbons (Fsp3) is 1.00. The highest BCUT2D eigenvalue weighted by Gasteiger charge is 2.18. The average molecular weight is 198 g/mol. The van der Waals surface area contributed by atoms with Gasteiger partial charge < -0.3 is 10.2 Å². The van der Waals surface area contributed by atoms with Gasteiger partial charge in [-0.05, 0) is 26.4 Å². The molecule has 2 aliphatic heterocycles. The number of hydrazine groups is 1. The van der Waals surface area contributed by atoms with Crippen molar-refractivity contribution in [3.63, 3.8) is 0 Å². The molecule has 2 saturated heterocycles. The number of piperidine rings is 1. The van der Waals surface area contributed by atoms with E-state index in [0.717, 1.165) is 19.6 Å². The minimum Gasteiger partial charge on any atom is -0.315 e. The van der Waals surface area contributed by atoms with Gasteiger partial charge in [0.15, 0.2) is 0 Å². The lowest BCUT2D eigenvalue weighted by atomic mass is 10.1. The summed E-state index contributed by atoms with van der Waals surface area (Å²) in [5, 5.41) is 5.82. The van der Waals surface area contributed by atoms with Crippen LogP contribution in [0.4, 0.5) is 0 Å². The van der Waals surface area contributed by atoms with E-state index in [4.69, 9.17) is 0 Å². The molecule has 0 aromatic heterocycles. The second kappa shape index (κ2) is 5.07. The lowest BCUT2D eigenvalue weighted by molar-refractivity contribution is 0.0810. The Balaban J connectivity index is 1.68. The van der Waals surface area contributed by atoms with Gasteiger partial charge in [0.25, 0.3) is 0 Å². The van der Waals surface area contributed by atoms with Crippen molar-refractivity contribution >= 4 is 0 Å². The Labute approximate surface area is 86.6 Å². The minimum atomic E-state index is 0.659. The molecule has 0 aliphatic carbocycles. The molecule has 2 fully saturated rings. The Morgan fingerprint density at radius 1 is 1.21 bits per heavy atom. The van der Waals surface area contributed by atoms with Crippen LogP contribution in [-0.2, 0) is 0 Å². The Morgan fingerprint density at radius 3 is 2.64 bits per heavy atom. The van der Waals surface area contributed by atoms with Crippen LogP contribution in [0.25, 0.3) is 0 Å². The summed E-state index contributed by atoms with van der Waals surface area (Å²) in [6, 6.07) is 0.659. The van der Waals surface area contributed by atoms with Gasteiger partial charge in [0.2, 0.25) is 0 Å². The van der Waals surface area contributed by atoms with Gasteiger partial charge in [0.05, 0.1) is 0 Å². The largest absolute Gasteiger partial charge is 0.315 e. The van der Waals surface area contributed by atoms with Gasteiger partial charge in [0, 0.05) is 38.8 Å². The number of hydrogen-bond acceptors (Lipinski definition) is 4. The number of likely N-dealkylation sites (N-methyl/N-ethyl adjacent to an activating group) is 1. The molecule has 1 atom stereocenters. The highest BCUT2D eigenvalue weighted by Crippen LogP contribution is 2.03. The fourth-order valence-corrected chi connectivity index (χ4v) is 2.16. The highest BCUT2D eigenvalue weighted by atomic mass is 15.5. The van der Waals surface area contributed by atoms with E-state index in [1.165, 1.54) is 32.5 Å². The fourth-order valence-electron chi connectivity index (χ4n) is 2.16. The monoisotopic (exact) mass is 198 g/mol. The third-order valence-corrected chi connectivity index (χ3v) is 3.17. The number of hydrogen-bond donors (Lipinski definition) is 2. The van der Waals surface area contributed by atoms with Gasteiger partial charge in [-0.3, -0.25) is 5.43 Å². The van der Waals surface area contributed by atoms with Crippen LogP contribution < -0.4 is 10.7 Å². The van der Waals surface area contributed by atoms with Crippen LogP contribution in [0, 0.1) is 0 Å². The minimum absolute atomic E-state index is 0.659. The maximum Gasteiger partial charge on any atom is 0.0340 e. The maximum absolute atomic E-state index is 3.62. The summed E-state index contributed by atoms with van der Waals surface area (Å²) in [7, 11) is 2.19. The molecule has 4 nitrogen and oxygen atoms in total. The van der Waals surface area contributed by atoms with Crippen LogP contribution in [0.3, 0.4) is 0 Å². The second-order valence-corrected chi connectivity index (χ2v) is 4.46. The molecule has 1 unspecified atom stereocenters. The molecule has 0 bridgehead atoms. The number of rotatable bonds is 2. The van der Waals surface area contributed by atoms with E-state index in [0.29, 0.717) is 6.04 Å². The zero-order valence-corrected chi connectivity index (χ0v) is 9.13. The summed E-state index contributed by atoms with van der Waals surface area (Å²) >= 11 is 0. The van der Waals surface area contributed by atoms with Crippen LogP contribution in [-0.4, -0.2) is 62.3 Å². The summed E-state index contributed by atoms with van der Waals surface area (Å²) in [4.78, 5) is 2.39. The molecule has 2 N–H and O–H groups in total. The molecular weight excluding hydrogens is 176 g/mol. The second-order valence-electron chi connectivity index (χ2n) is 4.46. The summed E-state index contributed by atoms with van der Waals surface area (Å²) in [6.07, 6.45) is 2.63. The summed E-state index contributed by atoms with van der Waals surface area (Å²) in [6.45, 7) is 7.02. The zero-order valence-electron chi connectivity index (χ0n) is 9.13. The molecule has 2 rings (SSSR count). The molecule has 0 spiro atoms. The van der Waals surface area contributed by atoms with Gasteiger partial charge in [0.1, 0.15) is 0 Å². The Bertz CT molecular complexity index is 160.